The third kappa shape index (κ3) is 5.39. The van der Waals surface area contributed by atoms with Gasteiger partial charge in [0.1, 0.15) is 5.82 Å². The van der Waals surface area contributed by atoms with Crippen LogP contribution in [0, 0.1) is 5.82 Å². The molecule has 138 valence electrons. The maximum Gasteiger partial charge on any atom is 0.252 e. The fraction of sp³-hybridized carbons (Fsp3) is 0.529. The number of carbonyl (C=O) groups is 2. The van der Waals surface area contributed by atoms with Gasteiger partial charge in [0, 0.05) is 35.6 Å². The molecule has 3 N–H and O–H groups in total. The number of rotatable bonds is 5. The van der Waals surface area contributed by atoms with Gasteiger partial charge in [-0.05, 0) is 59.8 Å². The zero-order valence-corrected chi connectivity index (χ0v) is 16.1. The first-order chi connectivity index (χ1) is 11.5. The lowest BCUT2D eigenvalue weighted by Crippen LogP contribution is -2.48. The molecule has 2 saturated heterocycles. The molecule has 1 aromatic carbocycles. The van der Waals surface area contributed by atoms with Crippen molar-refractivity contribution in [2.75, 3.05) is 6.54 Å². The predicted octanol–water partition coefficient (Wildman–Crippen LogP) is 2.53. The standard InChI is InChI=1S/C17H21BrFN3O2.ClH/c18-15-4-1-10(19)7-14(15)17(24)20-6-5-16(23)22-13-8-11-2-3-12(9-13)21-11;/h1,4,7,11-13,21H,2-3,5-6,8-9H2,(H,20,24)(H,22,23);1H. The molecule has 8 heteroatoms. The Morgan fingerprint density at radius 3 is 2.60 bits per heavy atom. The van der Waals surface area contributed by atoms with Crippen LogP contribution in [0.15, 0.2) is 22.7 Å². The molecule has 2 atom stereocenters. The molecule has 2 aliphatic heterocycles. The predicted molar refractivity (Wildman–Crippen MR) is 99.4 cm³/mol. The molecular formula is C17H22BrClFN3O2. The molecule has 2 fully saturated rings. The largest absolute Gasteiger partial charge is 0.353 e. The van der Waals surface area contributed by atoms with Crippen LogP contribution in [0.5, 0.6) is 0 Å². The molecule has 2 bridgehead atoms. The lowest BCUT2D eigenvalue weighted by molar-refractivity contribution is -0.121. The summed E-state index contributed by atoms with van der Waals surface area (Å²) in [4.78, 5) is 24.1. The number of piperidine rings is 1. The Kier molecular flexibility index (Phi) is 7.22. The summed E-state index contributed by atoms with van der Waals surface area (Å²) < 4.78 is 13.7. The van der Waals surface area contributed by atoms with E-state index in [2.05, 4.69) is 31.9 Å². The summed E-state index contributed by atoms with van der Waals surface area (Å²) in [7, 11) is 0. The highest BCUT2D eigenvalue weighted by Crippen LogP contribution is 2.26. The van der Waals surface area contributed by atoms with Gasteiger partial charge in [0.05, 0.1) is 5.56 Å². The Bertz CT molecular complexity index is 634. The Labute approximate surface area is 161 Å². The van der Waals surface area contributed by atoms with Crippen molar-refractivity contribution in [2.24, 2.45) is 0 Å². The Morgan fingerprint density at radius 2 is 1.92 bits per heavy atom. The van der Waals surface area contributed by atoms with Gasteiger partial charge in [0.2, 0.25) is 5.91 Å². The monoisotopic (exact) mass is 433 g/mol. The summed E-state index contributed by atoms with van der Waals surface area (Å²) in [5, 5.41) is 9.25. The van der Waals surface area contributed by atoms with Crippen molar-refractivity contribution in [3.8, 4) is 0 Å². The molecule has 2 aliphatic rings. The smallest absolute Gasteiger partial charge is 0.252 e. The minimum absolute atomic E-state index is 0. The summed E-state index contributed by atoms with van der Waals surface area (Å²) in [6.07, 6.45) is 4.55. The average Bonchev–Trinajstić information content (AvgIpc) is 2.88. The van der Waals surface area contributed by atoms with Crippen LogP contribution in [-0.4, -0.2) is 36.5 Å². The van der Waals surface area contributed by atoms with Crippen LogP contribution in [0.3, 0.4) is 0 Å². The van der Waals surface area contributed by atoms with E-state index >= 15 is 0 Å². The van der Waals surface area contributed by atoms with Crippen molar-refractivity contribution in [1.82, 2.24) is 16.0 Å². The third-order valence-corrected chi connectivity index (χ3v) is 5.34. The molecule has 2 heterocycles. The fourth-order valence-corrected chi connectivity index (χ4v) is 3.96. The maximum atomic E-state index is 13.2. The molecule has 0 aliphatic carbocycles. The number of amides is 2. The molecule has 0 aromatic heterocycles. The number of nitrogens with one attached hydrogen (secondary N) is 3. The summed E-state index contributed by atoms with van der Waals surface area (Å²) in [6.45, 7) is 0.228. The van der Waals surface area contributed by atoms with Crippen molar-refractivity contribution >= 4 is 40.2 Å². The number of fused-ring (bicyclic) bond motifs is 2. The van der Waals surface area contributed by atoms with Crippen molar-refractivity contribution in [2.45, 2.75) is 50.2 Å². The van der Waals surface area contributed by atoms with E-state index in [4.69, 9.17) is 0 Å². The summed E-state index contributed by atoms with van der Waals surface area (Å²) in [5.41, 5.74) is 0.227. The highest BCUT2D eigenvalue weighted by Gasteiger charge is 2.33. The number of hydrogen-bond donors (Lipinski definition) is 3. The van der Waals surface area contributed by atoms with Crippen LogP contribution < -0.4 is 16.0 Å². The van der Waals surface area contributed by atoms with Crippen molar-refractivity contribution in [1.29, 1.82) is 0 Å². The average molecular weight is 435 g/mol. The van der Waals surface area contributed by atoms with Crippen molar-refractivity contribution < 1.29 is 14.0 Å². The number of carbonyl (C=O) groups excluding carboxylic acids is 2. The number of benzene rings is 1. The molecule has 1 aromatic rings. The van der Waals surface area contributed by atoms with Gasteiger partial charge in [-0.15, -0.1) is 12.4 Å². The van der Waals surface area contributed by atoms with Crippen LogP contribution in [0.1, 0.15) is 42.5 Å². The van der Waals surface area contributed by atoms with E-state index in [0.717, 1.165) is 12.8 Å². The lowest BCUT2D eigenvalue weighted by atomic mass is 10.00. The van der Waals surface area contributed by atoms with E-state index in [1.807, 2.05) is 0 Å². The molecule has 25 heavy (non-hydrogen) atoms. The highest BCUT2D eigenvalue weighted by atomic mass is 79.9. The molecule has 3 rings (SSSR count). The van der Waals surface area contributed by atoms with Crippen LogP contribution in [0.25, 0.3) is 0 Å². The molecule has 2 amide bonds. The maximum absolute atomic E-state index is 13.2. The molecule has 0 spiro atoms. The normalized spacial score (nSPS) is 24.3. The SMILES string of the molecule is Cl.O=C(CCNC(=O)c1cc(F)ccc1Br)NC1CC2CCC(C1)N2. The second-order valence-corrected chi connectivity index (χ2v) is 7.36. The summed E-state index contributed by atoms with van der Waals surface area (Å²) in [5.74, 6) is -0.921. The van der Waals surface area contributed by atoms with Crippen LogP contribution >= 0.6 is 28.3 Å². The van der Waals surface area contributed by atoms with Gasteiger partial charge < -0.3 is 16.0 Å². The first-order valence-electron chi connectivity index (χ1n) is 8.30. The highest BCUT2D eigenvalue weighted by molar-refractivity contribution is 9.10. The first-order valence-corrected chi connectivity index (χ1v) is 9.09. The second kappa shape index (κ2) is 8.96. The van der Waals surface area contributed by atoms with Crippen molar-refractivity contribution in [3.63, 3.8) is 0 Å². The minimum atomic E-state index is -0.471. The van der Waals surface area contributed by atoms with Gasteiger partial charge >= 0.3 is 0 Å². The van der Waals surface area contributed by atoms with Gasteiger partial charge in [-0.1, -0.05) is 0 Å². The van der Waals surface area contributed by atoms with E-state index in [1.165, 1.54) is 31.0 Å². The van der Waals surface area contributed by atoms with Crippen LogP contribution in [-0.2, 0) is 4.79 Å². The van der Waals surface area contributed by atoms with Gasteiger partial charge in [0.15, 0.2) is 0 Å². The number of halogens is 3. The minimum Gasteiger partial charge on any atom is -0.353 e. The molecule has 0 radical (unpaired) electrons. The third-order valence-electron chi connectivity index (χ3n) is 4.65. The van der Waals surface area contributed by atoms with E-state index in [1.54, 1.807) is 0 Å². The fourth-order valence-electron chi connectivity index (χ4n) is 3.53. The van der Waals surface area contributed by atoms with Crippen molar-refractivity contribution in [3.05, 3.63) is 34.1 Å². The van der Waals surface area contributed by atoms with E-state index < -0.39 is 11.7 Å². The Balaban J connectivity index is 0.00000225. The zero-order chi connectivity index (χ0) is 17.1. The van der Waals surface area contributed by atoms with Gasteiger partial charge in [-0.3, -0.25) is 9.59 Å². The summed E-state index contributed by atoms with van der Waals surface area (Å²) in [6, 6.07) is 5.22. The van der Waals surface area contributed by atoms with Gasteiger partial charge in [-0.2, -0.15) is 0 Å². The molecule has 5 nitrogen and oxygen atoms in total. The molecule has 2 unspecified atom stereocenters. The first kappa shape index (κ1) is 20.1. The molecule has 0 saturated carbocycles. The quantitative estimate of drug-likeness (QED) is 0.667. The van der Waals surface area contributed by atoms with E-state index in [9.17, 15) is 14.0 Å². The van der Waals surface area contributed by atoms with Crippen LogP contribution in [0.4, 0.5) is 4.39 Å². The van der Waals surface area contributed by atoms with Crippen LogP contribution in [0.2, 0.25) is 0 Å². The number of hydrogen-bond acceptors (Lipinski definition) is 3. The lowest BCUT2D eigenvalue weighted by Gasteiger charge is -2.29. The Morgan fingerprint density at radius 1 is 1.24 bits per heavy atom. The second-order valence-electron chi connectivity index (χ2n) is 6.50. The topological polar surface area (TPSA) is 70.2 Å². The summed E-state index contributed by atoms with van der Waals surface area (Å²) >= 11 is 3.22. The zero-order valence-electron chi connectivity index (χ0n) is 13.7. The van der Waals surface area contributed by atoms with E-state index in [0.29, 0.717) is 16.6 Å². The Hall–Kier alpha value is -1.18. The van der Waals surface area contributed by atoms with Gasteiger partial charge in [0.25, 0.3) is 5.91 Å². The van der Waals surface area contributed by atoms with Gasteiger partial charge in [-0.25, -0.2) is 4.39 Å². The molecular weight excluding hydrogens is 413 g/mol. The van der Waals surface area contributed by atoms with E-state index in [-0.39, 0.29) is 42.9 Å².